The minimum Gasteiger partial charge on any atom is -0.373 e. The van der Waals surface area contributed by atoms with E-state index in [9.17, 15) is 5.11 Å². The molecule has 0 aromatic heterocycles. The molecule has 2 unspecified atom stereocenters. The van der Waals surface area contributed by atoms with E-state index >= 15 is 0 Å². The summed E-state index contributed by atoms with van der Waals surface area (Å²) < 4.78 is 12.1. The van der Waals surface area contributed by atoms with Crippen LogP contribution in [-0.2, 0) is 9.47 Å². The zero-order valence-electron chi connectivity index (χ0n) is 23.4. The van der Waals surface area contributed by atoms with E-state index in [2.05, 4.69) is 40.7 Å². The molecule has 0 spiro atoms. The summed E-state index contributed by atoms with van der Waals surface area (Å²) >= 11 is 0. The molecule has 3 saturated carbocycles. The van der Waals surface area contributed by atoms with Crippen LogP contribution in [0.4, 0.5) is 0 Å². The van der Waals surface area contributed by atoms with Crippen LogP contribution >= 0.6 is 0 Å². The maximum Gasteiger partial charge on any atom is 0.196 e. The van der Waals surface area contributed by atoms with Crippen LogP contribution in [-0.4, -0.2) is 30.2 Å². The van der Waals surface area contributed by atoms with Crippen molar-refractivity contribution in [3.63, 3.8) is 0 Å². The average molecular weight is 475 g/mol. The average Bonchev–Trinajstić information content (AvgIpc) is 3.12. The van der Waals surface area contributed by atoms with Crippen molar-refractivity contribution in [3.8, 4) is 0 Å². The number of aliphatic hydroxyl groups is 1. The molecular formula is C31H54O3. The van der Waals surface area contributed by atoms with Crippen LogP contribution in [0.25, 0.3) is 0 Å². The molecule has 3 nitrogen and oxygen atoms in total. The highest BCUT2D eigenvalue weighted by Gasteiger charge is 2.61. The van der Waals surface area contributed by atoms with Crippen LogP contribution in [0.3, 0.4) is 0 Å². The predicted octanol–water partition coefficient (Wildman–Crippen LogP) is 7.77. The van der Waals surface area contributed by atoms with Crippen LogP contribution in [0, 0.1) is 46.3 Å². The van der Waals surface area contributed by atoms with E-state index in [0.717, 1.165) is 41.9 Å². The van der Waals surface area contributed by atoms with Crippen LogP contribution in [0.2, 0.25) is 0 Å². The van der Waals surface area contributed by atoms with Gasteiger partial charge in [-0.15, -0.1) is 0 Å². The summed E-state index contributed by atoms with van der Waals surface area (Å²) in [6, 6.07) is 0. The minimum absolute atomic E-state index is 0.133. The zero-order chi connectivity index (χ0) is 24.7. The van der Waals surface area contributed by atoms with Crippen molar-refractivity contribution in [1.29, 1.82) is 0 Å². The Hall–Kier alpha value is -0.380. The molecule has 196 valence electrons. The second-order valence-electron chi connectivity index (χ2n) is 13.4. The fraction of sp³-hybridized carbons (Fsp3) is 0.935. The highest BCUT2D eigenvalue weighted by molar-refractivity contribution is 5.27. The molecule has 34 heavy (non-hydrogen) atoms. The normalized spacial score (nSPS) is 44.9. The molecule has 3 fully saturated rings. The van der Waals surface area contributed by atoms with Gasteiger partial charge in [-0.1, -0.05) is 65.5 Å². The number of hydrogen-bond acceptors (Lipinski definition) is 3. The lowest BCUT2D eigenvalue weighted by molar-refractivity contribution is -0.284. The summed E-state index contributed by atoms with van der Waals surface area (Å²) in [6.07, 6.45) is 14.8. The Labute approximate surface area is 210 Å². The van der Waals surface area contributed by atoms with Gasteiger partial charge in [0.15, 0.2) is 5.79 Å². The minimum atomic E-state index is -1.17. The first-order chi connectivity index (χ1) is 16.1. The maximum absolute atomic E-state index is 11.4. The van der Waals surface area contributed by atoms with E-state index in [-0.39, 0.29) is 11.5 Å². The fourth-order valence-corrected chi connectivity index (χ4v) is 9.45. The maximum atomic E-state index is 11.4. The van der Waals surface area contributed by atoms with E-state index in [1.165, 1.54) is 56.9 Å². The molecule has 0 saturated heterocycles. The number of rotatable bonds is 9. The first kappa shape index (κ1) is 26.7. The van der Waals surface area contributed by atoms with Crippen LogP contribution in [0.1, 0.15) is 113 Å². The number of hydrogen-bond donors (Lipinski definition) is 1. The van der Waals surface area contributed by atoms with E-state index in [1.54, 1.807) is 0 Å². The Morgan fingerprint density at radius 1 is 1.03 bits per heavy atom. The molecule has 4 rings (SSSR count). The van der Waals surface area contributed by atoms with E-state index in [0.29, 0.717) is 25.0 Å². The lowest BCUT2D eigenvalue weighted by atomic mass is 9.46. The van der Waals surface area contributed by atoms with E-state index in [4.69, 9.17) is 9.47 Å². The summed E-state index contributed by atoms with van der Waals surface area (Å²) in [5.41, 5.74) is 2.09. The number of fused-ring (bicyclic) bond motifs is 5. The van der Waals surface area contributed by atoms with Gasteiger partial charge in [-0.3, -0.25) is 0 Å². The standard InChI is InChI=1S/C31H54O3/c1-8-33-28-20-30(7)23(19-31(28,32)34-9-2)13-14-24-26-16-15-25(22(5)12-10-11-21(3)4)29(26,6)18-17-27(24)30/h13,21-22,24-28,32H,8-12,14-20H2,1-7H3/t22-,24+,25-,26+,27+,28?,29-,30+,31?/m1/s1. The van der Waals surface area contributed by atoms with E-state index in [1.807, 2.05) is 13.8 Å². The summed E-state index contributed by atoms with van der Waals surface area (Å²) in [5, 5.41) is 11.4. The Bertz CT molecular complexity index is 730. The molecule has 1 N–H and O–H groups in total. The Morgan fingerprint density at radius 2 is 1.79 bits per heavy atom. The van der Waals surface area contributed by atoms with Crippen molar-refractivity contribution in [1.82, 2.24) is 0 Å². The molecule has 0 heterocycles. The van der Waals surface area contributed by atoms with Gasteiger partial charge < -0.3 is 14.6 Å². The van der Waals surface area contributed by atoms with E-state index < -0.39 is 5.79 Å². The molecule has 0 radical (unpaired) electrons. The van der Waals surface area contributed by atoms with Gasteiger partial charge >= 0.3 is 0 Å². The molecule has 0 amide bonds. The molecule has 4 aliphatic rings. The number of ether oxygens (including phenoxy) is 2. The first-order valence-corrected chi connectivity index (χ1v) is 14.8. The Kier molecular flexibility index (Phi) is 7.98. The highest BCUT2D eigenvalue weighted by atomic mass is 16.7. The van der Waals surface area contributed by atoms with Crippen LogP contribution < -0.4 is 0 Å². The lowest BCUT2D eigenvalue weighted by Crippen LogP contribution is -2.58. The Morgan fingerprint density at radius 3 is 2.47 bits per heavy atom. The highest BCUT2D eigenvalue weighted by Crippen LogP contribution is 2.68. The van der Waals surface area contributed by atoms with Crippen molar-refractivity contribution in [2.24, 2.45) is 46.3 Å². The van der Waals surface area contributed by atoms with Gasteiger partial charge in [0.1, 0.15) is 6.10 Å². The third-order valence-corrected chi connectivity index (χ3v) is 11.1. The van der Waals surface area contributed by atoms with Gasteiger partial charge in [0.25, 0.3) is 0 Å². The Balaban J connectivity index is 1.53. The van der Waals surface area contributed by atoms with Gasteiger partial charge in [-0.2, -0.15) is 0 Å². The molecular weight excluding hydrogens is 420 g/mol. The molecule has 0 aliphatic heterocycles. The monoisotopic (exact) mass is 474 g/mol. The van der Waals surface area contributed by atoms with Crippen molar-refractivity contribution in [2.45, 2.75) is 125 Å². The first-order valence-electron chi connectivity index (χ1n) is 14.8. The van der Waals surface area contributed by atoms with Crippen molar-refractivity contribution in [2.75, 3.05) is 13.2 Å². The van der Waals surface area contributed by atoms with Gasteiger partial charge in [0.05, 0.1) is 0 Å². The van der Waals surface area contributed by atoms with Crippen molar-refractivity contribution >= 4 is 0 Å². The topological polar surface area (TPSA) is 38.7 Å². The lowest BCUT2D eigenvalue weighted by Gasteiger charge is -2.60. The van der Waals surface area contributed by atoms with Gasteiger partial charge in [-0.25, -0.2) is 0 Å². The third kappa shape index (κ3) is 4.56. The summed E-state index contributed by atoms with van der Waals surface area (Å²) in [4.78, 5) is 0. The van der Waals surface area contributed by atoms with Crippen LogP contribution in [0.15, 0.2) is 11.6 Å². The molecule has 0 aromatic carbocycles. The second-order valence-corrected chi connectivity index (χ2v) is 13.4. The number of allylic oxidation sites excluding steroid dienone is 1. The largest absolute Gasteiger partial charge is 0.373 e. The van der Waals surface area contributed by atoms with Crippen LogP contribution in [0.5, 0.6) is 0 Å². The summed E-state index contributed by atoms with van der Waals surface area (Å²) in [6.45, 7) is 17.6. The smallest absolute Gasteiger partial charge is 0.196 e. The predicted molar refractivity (Wildman–Crippen MR) is 140 cm³/mol. The van der Waals surface area contributed by atoms with Crippen molar-refractivity contribution < 1.29 is 14.6 Å². The van der Waals surface area contributed by atoms with Crippen molar-refractivity contribution in [3.05, 3.63) is 11.6 Å². The zero-order valence-corrected chi connectivity index (χ0v) is 23.4. The molecule has 4 aliphatic carbocycles. The third-order valence-electron chi connectivity index (χ3n) is 11.1. The fourth-order valence-electron chi connectivity index (χ4n) is 9.45. The SMILES string of the molecule is CCOC1C[C@@]2(C)C(=CC[C@H]3[C@@H]4CC[C@H]([C@H](C)CCCC(C)C)[C@@]4(C)CC[C@@H]32)CC1(O)OCC. The summed E-state index contributed by atoms with van der Waals surface area (Å²) in [5.74, 6) is 3.78. The molecule has 9 atom stereocenters. The van der Waals surface area contributed by atoms with Gasteiger partial charge in [0.2, 0.25) is 0 Å². The molecule has 0 aromatic rings. The second kappa shape index (κ2) is 10.2. The van der Waals surface area contributed by atoms with Gasteiger partial charge in [-0.05, 0) is 98.7 Å². The quantitative estimate of drug-likeness (QED) is 0.274. The summed E-state index contributed by atoms with van der Waals surface area (Å²) in [7, 11) is 0. The van der Waals surface area contributed by atoms with Gasteiger partial charge in [0, 0.05) is 19.6 Å². The molecule has 0 bridgehead atoms. The molecule has 3 heteroatoms.